The number of amides is 1. The zero-order chi connectivity index (χ0) is 21.7. The number of ether oxygens (including phenoxy) is 1. The molecule has 0 bridgehead atoms. The summed E-state index contributed by atoms with van der Waals surface area (Å²) in [7, 11) is -3.81. The molecule has 0 fully saturated rings. The number of anilines is 2. The lowest BCUT2D eigenvalue weighted by molar-refractivity contribution is -0.122. The highest BCUT2D eigenvalue weighted by atomic mass is 35.5. The van der Waals surface area contributed by atoms with E-state index < -0.39 is 27.9 Å². The number of rotatable bonds is 7. The highest BCUT2D eigenvalue weighted by Crippen LogP contribution is 2.21. The van der Waals surface area contributed by atoms with Crippen LogP contribution in [0.3, 0.4) is 0 Å². The van der Waals surface area contributed by atoms with Crippen molar-refractivity contribution in [3.63, 3.8) is 0 Å². The fraction of sp³-hybridized carbons (Fsp3) is 0.0952. The van der Waals surface area contributed by atoms with Gasteiger partial charge in [0.1, 0.15) is 11.6 Å². The van der Waals surface area contributed by atoms with Gasteiger partial charge >= 0.3 is 0 Å². The highest BCUT2D eigenvalue weighted by molar-refractivity contribution is 7.92. The molecule has 9 heteroatoms. The van der Waals surface area contributed by atoms with Crippen LogP contribution in [-0.4, -0.2) is 20.4 Å². The zero-order valence-electron chi connectivity index (χ0n) is 15.8. The first kappa shape index (κ1) is 21.6. The number of halogens is 2. The molecule has 1 amide bonds. The number of hydrogen-bond acceptors (Lipinski definition) is 4. The maximum atomic E-state index is 12.9. The second-order valence-electron chi connectivity index (χ2n) is 6.34. The van der Waals surface area contributed by atoms with Gasteiger partial charge in [0.25, 0.3) is 15.9 Å². The van der Waals surface area contributed by atoms with Gasteiger partial charge in [-0.3, -0.25) is 9.52 Å². The third kappa shape index (κ3) is 5.71. The molecule has 0 aliphatic rings. The molecule has 3 aromatic rings. The van der Waals surface area contributed by atoms with Crippen LogP contribution in [0.15, 0.2) is 77.7 Å². The minimum absolute atomic E-state index is 0.0242. The van der Waals surface area contributed by atoms with E-state index in [0.29, 0.717) is 22.1 Å². The van der Waals surface area contributed by atoms with Crippen LogP contribution in [0.4, 0.5) is 15.8 Å². The van der Waals surface area contributed by atoms with E-state index in [9.17, 15) is 17.6 Å². The lowest BCUT2D eigenvalue weighted by Gasteiger charge is -2.15. The van der Waals surface area contributed by atoms with E-state index in [4.69, 9.17) is 16.3 Å². The predicted octanol–water partition coefficient (Wildman–Crippen LogP) is 4.69. The van der Waals surface area contributed by atoms with Gasteiger partial charge in [0, 0.05) is 10.7 Å². The van der Waals surface area contributed by atoms with E-state index in [1.54, 1.807) is 25.1 Å². The second kappa shape index (κ2) is 9.15. The molecule has 3 aromatic carbocycles. The van der Waals surface area contributed by atoms with E-state index in [1.165, 1.54) is 54.6 Å². The Morgan fingerprint density at radius 3 is 2.30 bits per heavy atom. The average molecular weight is 449 g/mol. The summed E-state index contributed by atoms with van der Waals surface area (Å²) < 4.78 is 45.8. The molecule has 3 rings (SSSR count). The molecule has 156 valence electrons. The molecule has 0 unspecified atom stereocenters. The van der Waals surface area contributed by atoms with Crippen molar-refractivity contribution in [1.29, 1.82) is 0 Å². The van der Waals surface area contributed by atoms with Crippen LogP contribution in [0.1, 0.15) is 6.92 Å². The molecule has 0 saturated carbocycles. The number of hydrogen-bond donors (Lipinski definition) is 2. The Morgan fingerprint density at radius 2 is 1.67 bits per heavy atom. The molecule has 30 heavy (non-hydrogen) atoms. The fourth-order valence-electron chi connectivity index (χ4n) is 2.50. The van der Waals surface area contributed by atoms with Crippen molar-refractivity contribution in [2.45, 2.75) is 17.9 Å². The SMILES string of the molecule is C[C@@H](Oc1ccc(F)cc1)C(=O)Nc1ccc(S(=O)(=O)Nc2cccc(Cl)c2)cc1. The standard InChI is InChI=1S/C21H18ClFN2O4S/c1-14(29-19-9-5-16(23)6-10-19)21(26)24-17-7-11-20(12-8-17)30(27,28)25-18-4-2-3-15(22)13-18/h2-14,25H,1H3,(H,24,26)/t14-/m1/s1. The van der Waals surface area contributed by atoms with Crippen molar-refractivity contribution in [1.82, 2.24) is 0 Å². The molecule has 0 aromatic heterocycles. The van der Waals surface area contributed by atoms with Crippen molar-refractivity contribution in [2.24, 2.45) is 0 Å². The molecule has 2 N–H and O–H groups in total. The first-order chi connectivity index (χ1) is 14.2. The molecular weight excluding hydrogens is 431 g/mol. The van der Waals surface area contributed by atoms with Crippen LogP contribution in [0.2, 0.25) is 5.02 Å². The minimum Gasteiger partial charge on any atom is -0.481 e. The van der Waals surface area contributed by atoms with Crippen LogP contribution in [0.5, 0.6) is 5.75 Å². The maximum Gasteiger partial charge on any atom is 0.265 e. The van der Waals surface area contributed by atoms with Gasteiger partial charge in [-0.25, -0.2) is 12.8 Å². The Labute approximate surface area is 178 Å². The van der Waals surface area contributed by atoms with Crippen molar-refractivity contribution in [3.8, 4) is 5.75 Å². The Hall–Kier alpha value is -3.10. The first-order valence-corrected chi connectivity index (χ1v) is 10.7. The van der Waals surface area contributed by atoms with Gasteiger partial charge in [0.05, 0.1) is 10.6 Å². The van der Waals surface area contributed by atoms with Crippen molar-refractivity contribution < 1.29 is 22.3 Å². The van der Waals surface area contributed by atoms with E-state index in [0.717, 1.165) is 0 Å². The molecule has 0 aliphatic carbocycles. The topological polar surface area (TPSA) is 84.5 Å². The van der Waals surface area contributed by atoms with Crippen LogP contribution in [0.25, 0.3) is 0 Å². The van der Waals surface area contributed by atoms with Gasteiger partial charge in [-0.15, -0.1) is 0 Å². The summed E-state index contributed by atoms with van der Waals surface area (Å²) in [6, 6.07) is 17.3. The summed E-state index contributed by atoms with van der Waals surface area (Å²) >= 11 is 5.87. The summed E-state index contributed by atoms with van der Waals surface area (Å²) in [6.07, 6.45) is -0.844. The van der Waals surface area contributed by atoms with Crippen LogP contribution in [-0.2, 0) is 14.8 Å². The lowest BCUT2D eigenvalue weighted by Crippen LogP contribution is -2.30. The third-order valence-electron chi connectivity index (χ3n) is 4.00. The summed E-state index contributed by atoms with van der Waals surface area (Å²) in [5.41, 5.74) is 0.739. The van der Waals surface area contributed by atoms with Crippen molar-refractivity contribution in [2.75, 3.05) is 10.0 Å². The molecule has 6 nitrogen and oxygen atoms in total. The number of carbonyl (C=O) groups is 1. The molecular formula is C21H18ClFN2O4S. The van der Waals surface area contributed by atoms with Gasteiger partial charge in [-0.2, -0.15) is 0 Å². The van der Waals surface area contributed by atoms with Crippen LogP contribution >= 0.6 is 11.6 Å². The van der Waals surface area contributed by atoms with Crippen molar-refractivity contribution in [3.05, 3.63) is 83.6 Å². The molecule has 0 spiro atoms. The summed E-state index contributed by atoms with van der Waals surface area (Å²) in [5, 5.41) is 3.05. The van der Waals surface area contributed by atoms with E-state index >= 15 is 0 Å². The van der Waals surface area contributed by atoms with Gasteiger partial charge in [0.15, 0.2) is 6.10 Å². The Bertz CT molecular complexity index is 1140. The van der Waals surface area contributed by atoms with Gasteiger partial charge < -0.3 is 10.1 Å². The average Bonchev–Trinajstić information content (AvgIpc) is 2.70. The molecule has 0 radical (unpaired) electrons. The monoisotopic (exact) mass is 448 g/mol. The smallest absolute Gasteiger partial charge is 0.265 e. The van der Waals surface area contributed by atoms with Gasteiger partial charge in [-0.05, 0) is 73.7 Å². The first-order valence-electron chi connectivity index (χ1n) is 8.84. The lowest BCUT2D eigenvalue weighted by atomic mass is 10.3. The minimum atomic E-state index is -3.81. The number of sulfonamides is 1. The zero-order valence-corrected chi connectivity index (χ0v) is 17.4. The summed E-state index contributed by atoms with van der Waals surface area (Å²) in [4.78, 5) is 12.3. The van der Waals surface area contributed by atoms with Crippen LogP contribution < -0.4 is 14.8 Å². The summed E-state index contributed by atoms with van der Waals surface area (Å²) in [5.74, 6) is -0.487. The normalized spacial score (nSPS) is 12.1. The van der Waals surface area contributed by atoms with E-state index in [-0.39, 0.29) is 4.90 Å². The summed E-state index contributed by atoms with van der Waals surface area (Å²) in [6.45, 7) is 1.55. The number of carbonyl (C=O) groups excluding carboxylic acids is 1. The molecule has 0 heterocycles. The largest absolute Gasteiger partial charge is 0.481 e. The quantitative estimate of drug-likeness (QED) is 0.549. The second-order valence-corrected chi connectivity index (χ2v) is 8.46. The number of benzene rings is 3. The molecule has 0 aliphatic heterocycles. The Morgan fingerprint density at radius 1 is 1.00 bits per heavy atom. The Balaban J connectivity index is 1.63. The predicted molar refractivity (Wildman–Crippen MR) is 114 cm³/mol. The maximum absolute atomic E-state index is 12.9. The Kier molecular flexibility index (Phi) is 6.59. The molecule has 1 atom stereocenters. The van der Waals surface area contributed by atoms with Gasteiger partial charge in [-0.1, -0.05) is 17.7 Å². The van der Waals surface area contributed by atoms with Gasteiger partial charge in [0.2, 0.25) is 0 Å². The molecule has 0 saturated heterocycles. The fourth-order valence-corrected chi connectivity index (χ4v) is 3.74. The third-order valence-corrected chi connectivity index (χ3v) is 5.64. The van der Waals surface area contributed by atoms with E-state index in [2.05, 4.69) is 10.0 Å². The van der Waals surface area contributed by atoms with Crippen LogP contribution in [0, 0.1) is 5.82 Å². The highest BCUT2D eigenvalue weighted by Gasteiger charge is 2.17. The number of nitrogens with one attached hydrogen (secondary N) is 2. The van der Waals surface area contributed by atoms with E-state index in [1.807, 2.05) is 0 Å². The van der Waals surface area contributed by atoms with Crippen molar-refractivity contribution >= 4 is 38.9 Å².